The van der Waals surface area contributed by atoms with Crippen molar-refractivity contribution in [3.8, 4) is 0 Å². The summed E-state index contributed by atoms with van der Waals surface area (Å²) in [5.74, 6) is 0.907. The topological polar surface area (TPSA) is 49.3 Å². The summed E-state index contributed by atoms with van der Waals surface area (Å²) in [5, 5.41) is 12.2. The molecular formula is C16H27NO2. The highest BCUT2D eigenvalue weighted by Gasteiger charge is 2.33. The van der Waals surface area contributed by atoms with Crippen LogP contribution in [0.3, 0.4) is 0 Å². The van der Waals surface area contributed by atoms with E-state index in [1.807, 2.05) is 12.2 Å². The number of hydrogen-bond acceptors (Lipinski definition) is 2. The Bertz CT molecular complexity index is 349. The van der Waals surface area contributed by atoms with E-state index in [9.17, 15) is 4.79 Å². The highest BCUT2D eigenvalue weighted by molar-refractivity contribution is 5.77. The van der Waals surface area contributed by atoms with Crippen LogP contribution in [0.25, 0.3) is 0 Å². The Kier molecular flexibility index (Phi) is 4.67. The molecule has 0 bridgehead atoms. The summed E-state index contributed by atoms with van der Waals surface area (Å²) in [6, 6.07) is 0.122. The van der Waals surface area contributed by atoms with Crippen molar-refractivity contribution < 1.29 is 9.90 Å². The van der Waals surface area contributed by atoms with Gasteiger partial charge in [0.1, 0.15) is 0 Å². The average molecular weight is 265 g/mol. The third kappa shape index (κ3) is 3.82. The zero-order valence-corrected chi connectivity index (χ0v) is 12.2. The molecule has 19 heavy (non-hydrogen) atoms. The monoisotopic (exact) mass is 265 g/mol. The fourth-order valence-corrected chi connectivity index (χ4v) is 3.45. The molecule has 1 saturated carbocycles. The van der Waals surface area contributed by atoms with Gasteiger partial charge in [0.2, 0.25) is 5.91 Å². The van der Waals surface area contributed by atoms with Gasteiger partial charge in [0, 0.05) is 25.0 Å². The van der Waals surface area contributed by atoms with Crippen molar-refractivity contribution in [1.82, 2.24) is 5.32 Å². The molecular weight excluding hydrogens is 238 g/mol. The number of amides is 1. The lowest BCUT2D eigenvalue weighted by Gasteiger charge is -2.38. The average Bonchev–Trinajstić information content (AvgIpc) is 2.79. The van der Waals surface area contributed by atoms with Gasteiger partial charge < -0.3 is 10.4 Å². The minimum absolute atomic E-state index is 0.122. The van der Waals surface area contributed by atoms with Crippen LogP contribution in [-0.4, -0.2) is 23.7 Å². The van der Waals surface area contributed by atoms with Crippen LogP contribution in [0, 0.1) is 17.3 Å². The van der Waals surface area contributed by atoms with Crippen molar-refractivity contribution in [3.63, 3.8) is 0 Å². The molecule has 0 saturated heterocycles. The van der Waals surface area contributed by atoms with Crippen LogP contribution in [0.5, 0.6) is 0 Å². The number of aliphatic hydroxyl groups excluding tert-OH is 1. The predicted molar refractivity (Wildman–Crippen MR) is 76.6 cm³/mol. The van der Waals surface area contributed by atoms with E-state index in [1.54, 1.807) is 0 Å². The number of rotatable bonds is 4. The van der Waals surface area contributed by atoms with E-state index in [0.29, 0.717) is 17.8 Å². The molecule has 3 nitrogen and oxygen atoms in total. The number of carbonyl (C=O) groups is 1. The van der Waals surface area contributed by atoms with Crippen LogP contribution in [0.1, 0.15) is 52.4 Å². The molecule has 1 fully saturated rings. The molecule has 3 heteroatoms. The first-order valence-corrected chi connectivity index (χ1v) is 7.60. The minimum atomic E-state index is 0.122. The van der Waals surface area contributed by atoms with E-state index in [0.717, 1.165) is 6.42 Å². The predicted octanol–water partition coefficient (Wildman–Crippen LogP) is 2.65. The van der Waals surface area contributed by atoms with Crippen molar-refractivity contribution >= 4 is 5.91 Å². The summed E-state index contributed by atoms with van der Waals surface area (Å²) in [6.45, 7) is 4.77. The second-order valence-corrected chi connectivity index (χ2v) is 6.87. The van der Waals surface area contributed by atoms with Crippen molar-refractivity contribution in [1.29, 1.82) is 0 Å². The van der Waals surface area contributed by atoms with Crippen LogP contribution in [0.15, 0.2) is 12.2 Å². The molecule has 0 radical (unpaired) electrons. The Balaban J connectivity index is 1.80. The van der Waals surface area contributed by atoms with E-state index in [4.69, 9.17) is 5.11 Å². The first-order chi connectivity index (χ1) is 9.01. The maximum Gasteiger partial charge on any atom is 0.220 e. The number of nitrogens with one attached hydrogen (secondary N) is 1. The molecule has 0 aliphatic heterocycles. The lowest BCUT2D eigenvalue weighted by atomic mass is 9.67. The SMILES string of the molecule is CC1(C)CCCCC1CC(=O)N[C@@H]1C=C[C@H](CO)C1. The zero-order chi connectivity index (χ0) is 13.9. The summed E-state index contributed by atoms with van der Waals surface area (Å²) in [6.07, 6.45) is 10.5. The van der Waals surface area contributed by atoms with Crippen molar-refractivity contribution in [2.75, 3.05) is 6.61 Å². The third-order valence-electron chi connectivity index (χ3n) is 4.91. The minimum Gasteiger partial charge on any atom is -0.396 e. The van der Waals surface area contributed by atoms with E-state index >= 15 is 0 Å². The fourth-order valence-electron chi connectivity index (χ4n) is 3.45. The Hall–Kier alpha value is -0.830. The molecule has 108 valence electrons. The molecule has 2 aliphatic carbocycles. The maximum absolute atomic E-state index is 12.1. The van der Waals surface area contributed by atoms with Gasteiger partial charge in [0.25, 0.3) is 0 Å². The summed E-state index contributed by atoms with van der Waals surface area (Å²) in [4.78, 5) is 12.1. The standard InChI is InChI=1S/C16H27NO2/c1-16(2)8-4-3-5-13(16)10-15(19)17-14-7-6-12(9-14)11-18/h6-7,12-14,18H,3-5,8-11H2,1-2H3,(H,17,19)/t12-,13?,14+/m0/s1. The molecule has 3 atom stereocenters. The number of carbonyl (C=O) groups excluding carboxylic acids is 1. The van der Waals surface area contributed by atoms with Crippen LogP contribution >= 0.6 is 0 Å². The Morgan fingerprint density at radius 3 is 2.79 bits per heavy atom. The van der Waals surface area contributed by atoms with E-state index in [2.05, 4.69) is 19.2 Å². The van der Waals surface area contributed by atoms with Crippen LogP contribution < -0.4 is 5.32 Å². The largest absolute Gasteiger partial charge is 0.396 e. The molecule has 2 N–H and O–H groups in total. The second kappa shape index (κ2) is 6.08. The van der Waals surface area contributed by atoms with E-state index in [-0.39, 0.29) is 24.5 Å². The van der Waals surface area contributed by atoms with Crippen LogP contribution in [0.4, 0.5) is 0 Å². The summed E-state index contributed by atoms with van der Waals surface area (Å²) in [7, 11) is 0. The second-order valence-electron chi connectivity index (χ2n) is 6.87. The number of hydrogen-bond donors (Lipinski definition) is 2. The lowest BCUT2D eigenvalue weighted by molar-refractivity contribution is -0.123. The van der Waals surface area contributed by atoms with Crippen LogP contribution in [0.2, 0.25) is 0 Å². The highest BCUT2D eigenvalue weighted by Crippen LogP contribution is 2.42. The van der Waals surface area contributed by atoms with Gasteiger partial charge in [-0.2, -0.15) is 0 Å². The smallest absolute Gasteiger partial charge is 0.220 e. The third-order valence-corrected chi connectivity index (χ3v) is 4.91. The van der Waals surface area contributed by atoms with E-state index in [1.165, 1.54) is 25.7 Å². The quantitative estimate of drug-likeness (QED) is 0.768. The molecule has 2 aliphatic rings. The molecule has 0 spiro atoms. The van der Waals surface area contributed by atoms with Crippen molar-refractivity contribution in [2.45, 2.75) is 58.4 Å². The Morgan fingerprint density at radius 1 is 1.37 bits per heavy atom. The van der Waals surface area contributed by atoms with Gasteiger partial charge in [0.05, 0.1) is 0 Å². The van der Waals surface area contributed by atoms with Crippen molar-refractivity contribution in [2.24, 2.45) is 17.3 Å². The molecule has 0 aromatic rings. The highest BCUT2D eigenvalue weighted by atomic mass is 16.3. The van der Waals surface area contributed by atoms with Crippen molar-refractivity contribution in [3.05, 3.63) is 12.2 Å². The van der Waals surface area contributed by atoms with Gasteiger partial charge in [-0.25, -0.2) is 0 Å². The first-order valence-electron chi connectivity index (χ1n) is 7.60. The van der Waals surface area contributed by atoms with Gasteiger partial charge in [-0.15, -0.1) is 0 Å². The van der Waals surface area contributed by atoms with Gasteiger partial charge in [-0.3, -0.25) is 4.79 Å². The zero-order valence-electron chi connectivity index (χ0n) is 12.2. The Labute approximate surface area is 116 Å². The summed E-state index contributed by atoms with van der Waals surface area (Å²) >= 11 is 0. The molecule has 0 aromatic heterocycles. The number of aliphatic hydroxyl groups is 1. The van der Waals surface area contributed by atoms with Gasteiger partial charge in [-0.05, 0) is 30.6 Å². The summed E-state index contributed by atoms with van der Waals surface area (Å²) in [5.41, 5.74) is 0.300. The molecule has 1 amide bonds. The summed E-state index contributed by atoms with van der Waals surface area (Å²) < 4.78 is 0. The molecule has 1 unspecified atom stereocenters. The Morgan fingerprint density at radius 2 is 2.16 bits per heavy atom. The molecule has 0 aromatic carbocycles. The molecule has 2 rings (SSSR count). The van der Waals surface area contributed by atoms with Crippen LogP contribution in [-0.2, 0) is 4.79 Å². The lowest BCUT2D eigenvalue weighted by Crippen LogP contribution is -2.37. The maximum atomic E-state index is 12.1. The molecule has 0 heterocycles. The normalized spacial score (nSPS) is 33.3. The van der Waals surface area contributed by atoms with E-state index < -0.39 is 0 Å². The fraction of sp³-hybridized carbons (Fsp3) is 0.812. The van der Waals surface area contributed by atoms with Gasteiger partial charge in [-0.1, -0.05) is 38.8 Å². The van der Waals surface area contributed by atoms with Gasteiger partial charge >= 0.3 is 0 Å². The van der Waals surface area contributed by atoms with Gasteiger partial charge in [0.15, 0.2) is 0 Å². The first kappa shape index (κ1) is 14.6.